The second kappa shape index (κ2) is 6.07. The number of nitrogens with zero attached hydrogens (tertiary/aromatic N) is 1. The number of fused-ring (bicyclic) bond motifs is 3. The van der Waals surface area contributed by atoms with Crippen molar-refractivity contribution >= 4 is 5.91 Å². The standard InChI is InChI=1S/C20H21NO2/c22-20-16-11-12-18(21(20)14-15-7-3-1-4-8-15)19(13-16)23-17-9-5-2-6-10-17/h1-10,16,18-19H,11-14H2/t16-,18+,19-/m0/s1. The molecule has 2 aromatic carbocycles. The number of carbonyl (C=O) groups excluding carboxylic acids is 1. The Bertz CT molecular complexity index is 671. The minimum absolute atomic E-state index is 0.109. The van der Waals surface area contributed by atoms with Gasteiger partial charge in [0.05, 0.1) is 6.04 Å². The number of carbonyl (C=O) groups is 1. The molecule has 2 aromatic rings. The maximum Gasteiger partial charge on any atom is 0.226 e. The second-order valence-corrected chi connectivity index (χ2v) is 6.50. The Hall–Kier alpha value is -2.29. The minimum atomic E-state index is 0.109. The molecular weight excluding hydrogens is 286 g/mol. The summed E-state index contributed by atoms with van der Waals surface area (Å²) in [6, 6.07) is 20.4. The third-order valence-corrected chi connectivity index (χ3v) is 5.02. The Morgan fingerprint density at radius 1 is 0.957 bits per heavy atom. The van der Waals surface area contributed by atoms with Crippen molar-refractivity contribution in [3.8, 4) is 5.75 Å². The quantitative estimate of drug-likeness (QED) is 0.863. The summed E-state index contributed by atoms with van der Waals surface area (Å²) in [4.78, 5) is 14.7. The Morgan fingerprint density at radius 2 is 1.65 bits per heavy atom. The molecule has 0 N–H and O–H groups in total. The molecule has 2 heterocycles. The van der Waals surface area contributed by atoms with Gasteiger partial charge in [-0.25, -0.2) is 0 Å². The molecule has 3 heteroatoms. The lowest BCUT2D eigenvalue weighted by Gasteiger charge is -2.49. The van der Waals surface area contributed by atoms with Crippen LogP contribution < -0.4 is 4.74 Å². The van der Waals surface area contributed by atoms with Crippen molar-refractivity contribution in [3.05, 3.63) is 66.2 Å². The first kappa shape index (κ1) is 14.3. The topological polar surface area (TPSA) is 29.5 Å². The molecule has 1 aliphatic carbocycles. The Balaban J connectivity index is 1.54. The highest BCUT2D eigenvalue weighted by Gasteiger charge is 2.47. The molecule has 2 aliphatic heterocycles. The number of hydrogen-bond acceptors (Lipinski definition) is 2. The van der Waals surface area contributed by atoms with Gasteiger partial charge >= 0.3 is 0 Å². The molecule has 0 aromatic heterocycles. The van der Waals surface area contributed by atoms with Gasteiger partial charge in [0.2, 0.25) is 5.91 Å². The number of benzene rings is 2. The van der Waals surface area contributed by atoms with Crippen LogP contribution in [-0.2, 0) is 11.3 Å². The maximum atomic E-state index is 12.7. The van der Waals surface area contributed by atoms with Crippen LogP contribution >= 0.6 is 0 Å². The normalized spacial score (nSPS) is 26.3. The van der Waals surface area contributed by atoms with E-state index in [0.29, 0.717) is 12.5 Å². The Morgan fingerprint density at radius 3 is 2.39 bits per heavy atom. The van der Waals surface area contributed by atoms with E-state index in [0.717, 1.165) is 25.0 Å². The average molecular weight is 307 g/mol. The number of amides is 1. The highest BCUT2D eigenvalue weighted by Crippen LogP contribution is 2.38. The first-order valence-corrected chi connectivity index (χ1v) is 8.37. The third-order valence-electron chi connectivity index (χ3n) is 5.02. The SMILES string of the molecule is O=C1[C@H]2CC[C@H]([C@@H](Oc3ccccc3)C2)N1Cc1ccccc1. The van der Waals surface area contributed by atoms with Crippen molar-refractivity contribution in [3.63, 3.8) is 0 Å². The molecule has 5 rings (SSSR count). The lowest BCUT2D eigenvalue weighted by Crippen LogP contribution is -2.59. The van der Waals surface area contributed by atoms with Crippen LogP contribution in [-0.4, -0.2) is 23.0 Å². The zero-order chi connectivity index (χ0) is 15.6. The van der Waals surface area contributed by atoms with E-state index in [-0.39, 0.29) is 18.1 Å². The molecule has 0 radical (unpaired) electrons. The largest absolute Gasteiger partial charge is 0.488 e. The molecule has 0 spiro atoms. The fourth-order valence-electron chi connectivity index (χ4n) is 3.87. The van der Waals surface area contributed by atoms with Gasteiger partial charge in [0.15, 0.2) is 0 Å². The molecular formula is C20H21NO2. The highest BCUT2D eigenvalue weighted by molar-refractivity contribution is 5.81. The van der Waals surface area contributed by atoms with Crippen LogP contribution in [0, 0.1) is 5.92 Å². The molecule has 118 valence electrons. The molecule has 3 atom stereocenters. The zero-order valence-electron chi connectivity index (χ0n) is 13.1. The first-order valence-electron chi connectivity index (χ1n) is 8.37. The Labute approximate surface area is 136 Å². The fourth-order valence-corrected chi connectivity index (χ4v) is 3.87. The molecule has 0 unspecified atom stereocenters. The van der Waals surface area contributed by atoms with Gasteiger partial charge in [-0.3, -0.25) is 4.79 Å². The monoisotopic (exact) mass is 307 g/mol. The summed E-state index contributed by atoms with van der Waals surface area (Å²) in [6.07, 6.45) is 3.01. The highest BCUT2D eigenvalue weighted by atomic mass is 16.5. The molecule has 1 saturated carbocycles. The summed E-state index contributed by atoms with van der Waals surface area (Å²) in [5, 5.41) is 0. The van der Waals surface area contributed by atoms with Gasteiger partial charge in [-0.2, -0.15) is 0 Å². The van der Waals surface area contributed by atoms with E-state index >= 15 is 0 Å². The van der Waals surface area contributed by atoms with Gasteiger partial charge in [0, 0.05) is 12.5 Å². The van der Waals surface area contributed by atoms with Crippen LogP contribution in [0.2, 0.25) is 0 Å². The van der Waals surface area contributed by atoms with Crippen molar-refractivity contribution in [2.24, 2.45) is 5.92 Å². The smallest absolute Gasteiger partial charge is 0.226 e. The van der Waals surface area contributed by atoms with E-state index in [4.69, 9.17) is 4.74 Å². The van der Waals surface area contributed by atoms with E-state index < -0.39 is 0 Å². The molecule has 2 saturated heterocycles. The summed E-state index contributed by atoms with van der Waals surface area (Å²) < 4.78 is 6.21. The predicted octanol–water partition coefficient (Wildman–Crippen LogP) is 3.65. The molecule has 23 heavy (non-hydrogen) atoms. The number of hydrogen-bond donors (Lipinski definition) is 0. The lowest BCUT2D eigenvalue weighted by atomic mass is 9.77. The molecule has 3 aliphatic rings. The van der Waals surface area contributed by atoms with Gasteiger partial charge < -0.3 is 9.64 Å². The van der Waals surface area contributed by atoms with Gasteiger partial charge in [-0.15, -0.1) is 0 Å². The van der Waals surface area contributed by atoms with E-state index in [1.807, 2.05) is 53.4 Å². The van der Waals surface area contributed by atoms with Gasteiger partial charge in [-0.05, 0) is 37.0 Å². The summed E-state index contributed by atoms with van der Waals surface area (Å²) in [5.41, 5.74) is 1.19. The molecule has 1 amide bonds. The summed E-state index contributed by atoms with van der Waals surface area (Å²) >= 11 is 0. The van der Waals surface area contributed by atoms with Crippen molar-refractivity contribution in [1.29, 1.82) is 0 Å². The number of para-hydroxylation sites is 1. The number of ether oxygens (including phenoxy) is 1. The van der Waals surface area contributed by atoms with E-state index in [1.54, 1.807) is 0 Å². The van der Waals surface area contributed by atoms with Crippen LogP contribution in [0.15, 0.2) is 60.7 Å². The first-order chi connectivity index (χ1) is 11.3. The van der Waals surface area contributed by atoms with Gasteiger partial charge in [0.25, 0.3) is 0 Å². The molecule has 2 bridgehead atoms. The lowest BCUT2D eigenvalue weighted by molar-refractivity contribution is -0.155. The summed E-state index contributed by atoms with van der Waals surface area (Å²) in [7, 11) is 0. The average Bonchev–Trinajstić information content (AvgIpc) is 2.60. The molecule has 3 nitrogen and oxygen atoms in total. The fraction of sp³-hybridized carbons (Fsp3) is 0.350. The Kier molecular flexibility index (Phi) is 3.78. The van der Waals surface area contributed by atoms with E-state index in [2.05, 4.69) is 12.1 Å². The third kappa shape index (κ3) is 2.83. The van der Waals surface area contributed by atoms with Gasteiger partial charge in [0.1, 0.15) is 11.9 Å². The van der Waals surface area contributed by atoms with Crippen molar-refractivity contribution in [2.45, 2.75) is 38.0 Å². The van der Waals surface area contributed by atoms with Crippen molar-refractivity contribution in [2.75, 3.05) is 0 Å². The second-order valence-electron chi connectivity index (χ2n) is 6.50. The van der Waals surface area contributed by atoms with Gasteiger partial charge in [-0.1, -0.05) is 48.5 Å². The van der Waals surface area contributed by atoms with E-state index in [1.165, 1.54) is 5.56 Å². The summed E-state index contributed by atoms with van der Waals surface area (Å²) in [5.74, 6) is 1.33. The van der Waals surface area contributed by atoms with Crippen LogP contribution in [0.25, 0.3) is 0 Å². The van der Waals surface area contributed by atoms with E-state index in [9.17, 15) is 4.79 Å². The minimum Gasteiger partial charge on any atom is -0.488 e. The van der Waals surface area contributed by atoms with Crippen molar-refractivity contribution in [1.82, 2.24) is 4.90 Å². The van der Waals surface area contributed by atoms with Crippen molar-refractivity contribution < 1.29 is 9.53 Å². The maximum absolute atomic E-state index is 12.7. The zero-order valence-corrected chi connectivity index (χ0v) is 13.1. The van der Waals surface area contributed by atoms with Crippen LogP contribution in [0.4, 0.5) is 0 Å². The van der Waals surface area contributed by atoms with Crippen LogP contribution in [0.1, 0.15) is 24.8 Å². The van der Waals surface area contributed by atoms with Crippen LogP contribution in [0.3, 0.4) is 0 Å². The predicted molar refractivity (Wildman–Crippen MR) is 89.0 cm³/mol. The number of piperidine rings is 2. The molecule has 3 fully saturated rings. The number of rotatable bonds is 4. The van der Waals surface area contributed by atoms with Crippen LogP contribution in [0.5, 0.6) is 5.75 Å². The summed E-state index contributed by atoms with van der Waals surface area (Å²) in [6.45, 7) is 0.690.